The molecule has 0 bridgehead atoms. The molecule has 0 saturated heterocycles. The van der Waals surface area contributed by atoms with Crippen molar-refractivity contribution in [2.45, 2.75) is 23.9 Å². The molecule has 8 nitrogen and oxygen atoms in total. The zero-order valence-electron chi connectivity index (χ0n) is 15.6. The van der Waals surface area contributed by atoms with Gasteiger partial charge < -0.3 is 5.32 Å². The lowest BCUT2D eigenvalue weighted by molar-refractivity contribution is -0.113. The van der Waals surface area contributed by atoms with Gasteiger partial charge in [0.05, 0.1) is 16.3 Å². The number of anilines is 1. The fourth-order valence-electron chi connectivity index (χ4n) is 2.42. The van der Waals surface area contributed by atoms with E-state index < -0.39 is 9.84 Å². The van der Waals surface area contributed by atoms with Crippen LogP contribution in [0.3, 0.4) is 0 Å². The zero-order valence-corrected chi connectivity index (χ0v) is 17.2. The van der Waals surface area contributed by atoms with Gasteiger partial charge in [-0.25, -0.2) is 8.42 Å². The lowest BCUT2D eigenvalue weighted by atomic mass is 10.1. The minimum absolute atomic E-state index is 0.0777. The maximum absolute atomic E-state index is 12.3. The van der Waals surface area contributed by atoms with Crippen molar-refractivity contribution < 1.29 is 13.2 Å². The maximum Gasteiger partial charge on any atom is 0.234 e. The van der Waals surface area contributed by atoms with E-state index in [4.69, 9.17) is 0 Å². The van der Waals surface area contributed by atoms with Gasteiger partial charge in [0.15, 0.2) is 9.84 Å². The summed E-state index contributed by atoms with van der Waals surface area (Å²) in [5.74, 6) is -0.209. The Hall–Kier alpha value is -2.72. The number of nitrogens with one attached hydrogen (secondary N) is 1. The van der Waals surface area contributed by atoms with Crippen LogP contribution in [0.4, 0.5) is 5.69 Å². The predicted octanol–water partition coefficient (Wildman–Crippen LogP) is 2.41. The van der Waals surface area contributed by atoms with Gasteiger partial charge >= 0.3 is 0 Å². The zero-order chi connectivity index (χ0) is 20.3. The topological polar surface area (TPSA) is 107 Å². The van der Waals surface area contributed by atoms with Crippen molar-refractivity contribution in [3.05, 3.63) is 53.6 Å². The number of sulfone groups is 1. The van der Waals surface area contributed by atoms with Gasteiger partial charge in [0, 0.05) is 11.9 Å². The Morgan fingerprint density at radius 3 is 2.64 bits per heavy atom. The standard InChI is InChI=1S/C18H19N5O3S2/c1-12-7-8-15(9-13(12)2)23-18(20-21-22-23)27-11-17(24)19-14-5-4-6-16(10-14)28(3,25)26/h4-10H,11H2,1-3H3,(H,19,24). The Kier molecular flexibility index (Phi) is 5.80. The molecule has 1 aromatic heterocycles. The molecule has 0 radical (unpaired) electrons. The number of carbonyl (C=O) groups is 1. The summed E-state index contributed by atoms with van der Waals surface area (Å²) < 4.78 is 24.8. The molecule has 0 atom stereocenters. The summed E-state index contributed by atoms with van der Waals surface area (Å²) in [6.45, 7) is 4.03. The van der Waals surface area contributed by atoms with E-state index in [2.05, 4.69) is 20.8 Å². The molecule has 3 aromatic rings. The number of nitrogens with zero attached hydrogens (tertiary/aromatic N) is 4. The number of thioether (sulfide) groups is 1. The van der Waals surface area contributed by atoms with Crippen LogP contribution in [-0.4, -0.2) is 46.5 Å². The van der Waals surface area contributed by atoms with Crippen LogP contribution in [0.1, 0.15) is 11.1 Å². The first-order chi connectivity index (χ1) is 13.2. The average molecular weight is 418 g/mol. The molecule has 3 rings (SSSR count). The Balaban J connectivity index is 1.68. The van der Waals surface area contributed by atoms with Gasteiger partial charge in [-0.3, -0.25) is 4.79 Å². The number of rotatable bonds is 6. The van der Waals surface area contributed by atoms with Crippen LogP contribution in [0.15, 0.2) is 52.5 Å². The summed E-state index contributed by atoms with van der Waals surface area (Å²) in [4.78, 5) is 12.4. The van der Waals surface area contributed by atoms with E-state index >= 15 is 0 Å². The van der Waals surface area contributed by atoms with Crippen molar-refractivity contribution in [1.29, 1.82) is 0 Å². The summed E-state index contributed by atoms with van der Waals surface area (Å²) in [5.41, 5.74) is 3.52. The highest BCUT2D eigenvalue weighted by atomic mass is 32.2. The van der Waals surface area contributed by atoms with Gasteiger partial charge in [0.1, 0.15) is 0 Å². The average Bonchev–Trinajstić information content (AvgIpc) is 3.10. The minimum atomic E-state index is -3.34. The molecule has 0 spiro atoms. The van der Waals surface area contributed by atoms with Crippen molar-refractivity contribution in [2.75, 3.05) is 17.3 Å². The van der Waals surface area contributed by atoms with Crippen LogP contribution in [-0.2, 0) is 14.6 Å². The number of benzene rings is 2. The third-order valence-corrected chi connectivity index (χ3v) is 6.08. The van der Waals surface area contributed by atoms with Gasteiger partial charge in [-0.05, 0) is 65.7 Å². The Morgan fingerprint density at radius 1 is 1.14 bits per heavy atom. The van der Waals surface area contributed by atoms with Gasteiger partial charge in [0.2, 0.25) is 11.1 Å². The molecule has 2 aromatic carbocycles. The fraction of sp³-hybridized carbons (Fsp3) is 0.222. The third-order valence-electron chi connectivity index (χ3n) is 4.05. The van der Waals surface area contributed by atoms with Gasteiger partial charge in [-0.1, -0.05) is 23.9 Å². The highest BCUT2D eigenvalue weighted by Gasteiger charge is 2.13. The first kappa shape index (κ1) is 20.0. The van der Waals surface area contributed by atoms with Crippen LogP contribution in [0.5, 0.6) is 0 Å². The summed E-state index contributed by atoms with van der Waals surface area (Å²) in [7, 11) is -3.34. The number of aryl methyl sites for hydroxylation is 2. The molecule has 0 aliphatic rings. The molecular formula is C18H19N5O3S2. The number of carbonyl (C=O) groups excluding carboxylic acids is 1. The largest absolute Gasteiger partial charge is 0.325 e. The molecule has 0 aliphatic carbocycles. The molecule has 1 amide bonds. The Bertz CT molecular complexity index is 1130. The van der Waals surface area contributed by atoms with Crippen LogP contribution in [0.25, 0.3) is 5.69 Å². The fourth-order valence-corrected chi connectivity index (χ4v) is 3.78. The van der Waals surface area contributed by atoms with Gasteiger partial charge in [0.25, 0.3) is 0 Å². The predicted molar refractivity (Wildman–Crippen MR) is 108 cm³/mol. The SMILES string of the molecule is Cc1ccc(-n2nnnc2SCC(=O)Nc2cccc(S(C)(=O)=O)c2)cc1C. The van der Waals surface area contributed by atoms with Crippen molar-refractivity contribution in [3.63, 3.8) is 0 Å². The number of tetrazole rings is 1. The second-order valence-electron chi connectivity index (χ2n) is 6.28. The van der Waals surface area contributed by atoms with Crippen LogP contribution < -0.4 is 5.32 Å². The summed E-state index contributed by atoms with van der Waals surface area (Å²) in [5, 5.41) is 14.8. The van der Waals surface area contributed by atoms with E-state index in [1.54, 1.807) is 16.8 Å². The molecular weight excluding hydrogens is 398 g/mol. The molecule has 0 saturated carbocycles. The van der Waals surface area contributed by atoms with Crippen molar-refractivity contribution >= 4 is 33.2 Å². The van der Waals surface area contributed by atoms with Crippen LogP contribution >= 0.6 is 11.8 Å². The van der Waals surface area contributed by atoms with E-state index in [1.807, 2.05) is 32.0 Å². The Morgan fingerprint density at radius 2 is 1.93 bits per heavy atom. The number of hydrogen-bond acceptors (Lipinski definition) is 7. The second-order valence-corrected chi connectivity index (χ2v) is 9.24. The highest BCUT2D eigenvalue weighted by molar-refractivity contribution is 7.99. The normalized spacial score (nSPS) is 11.4. The van der Waals surface area contributed by atoms with Crippen molar-refractivity contribution in [2.24, 2.45) is 0 Å². The van der Waals surface area contributed by atoms with Crippen LogP contribution in [0, 0.1) is 13.8 Å². The van der Waals surface area contributed by atoms with E-state index in [0.29, 0.717) is 10.8 Å². The van der Waals surface area contributed by atoms with E-state index in [0.717, 1.165) is 17.5 Å². The molecule has 28 heavy (non-hydrogen) atoms. The summed E-state index contributed by atoms with van der Waals surface area (Å²) in [6, 6.07) is 12.0. The summed E-state index contributed by atoms with van der Waals surface area (Å²) in [6.07, 6.45) is 1.12. The minimum Gasteiger partial charge on any atom is -0.325 e. The molecule has 0 fully saturated rings. The lowest BCUT2D eigenvalue weighted by Gasteiger charge is -2.08. The summed E-state index contributed by atoms with van der Waals surface area (Å²) >= 11 is 1.19. The second kappa shape index (κ2) is 8.11. The molecule has 0 aliphatic heterocycles. The van der Waals surface area contributed by atoms with Gasteiger partial charge in [-0.15, -0.1) is 5.10 Å². The molecule has 1 heterocycles. The van der Waals surface area contributed by atoms with Crippen LogP contribution in [0.2, 0.25) is 0 Å². The monoisotopic (exact) mass is 417 g/mol. The quantitative estimate of drug-likeness (QED) is 0.614. The maximum atomic E-state index is 12.3. The Labute approximate surface area is 167 Å². The molecule has 0 unspecified atom stereocenters. The first-order valence-corrected chi connectivity index (χ1v) is 11.2. The number of amides is 1. The number of aromatic nitrogens is 4. The van der Waals surface area contributed by atoms with Crippen molar-refractivity contribution in [3.8, 4) is 5.69 Å². The smallest absolute Gasteiger partial charge is 0.234 e. The van der Waals surface area contributed by atoms with E-state index in [-0.39, 0.29) is 16.6 Å². The molecule has 1 N–H and O–H groups in total. The molecule has 146 valence electrons. The van der Waals surface area contributed by atoms with E-state index in [9.17, 15) is 13.2 Å². The molecule has 10 heteroatoms. The highest BCUT2D eigenvalue weighted by Crippen LogP contribution is 2.21. The van der Waals surface area contributed by atoms with Gasteiger partial charge in [-0.2, -0.15) is 4.68 Å². The third kappa shape index (κ3) is 4.76. The van der Waals surface area contributed by atoms with Crippen molar-refractivity contribution in [1.82, 2.24) is 20.2 Å². The first-order valence-electron chi connectivity index (χ1n) is 8.33. The lowest BCUT2D eigenvalue weighted by Crippen LogP contribution is -2.15. The van der Waals surface area contributed by atoms with E-state index in [1.165, 1.54) is 29.5 Å². The number of hydrogen-bond donors (Lipinski definition) is 1.